The zero-order valence-corrected chi connectivity index (χ0v) is 16.7. The van der Waals surface area contributed by atoms with E-state index in [0.29, 0.717) is 6.04 Å². The van der Waals surface area contributed by atoms with E-state index in [4.69, 9.17) is 0 Å². The molecule has 0 spiro atoms. The van der Waals surface area contributed by atoms with Gasteiger partial charge in [0.05, 0.1) is 0 Å². The molecule has 0 aromatic rings. The summed E-state index contributed by atoms with van der Waals surface area (Å²) in [5, 5.41) is 11.5. The first-order valence-corrected chi connectivity index (χ1v) is 7.09. The monoisotopic (exact) mass is 329 g/mol. The van der Waals surface area contributed by atoms with Crippen molar-refractivity contribution in [3.8, 4) is 0 Å². The third-order valence-electron chi connectivity index (χ3n) is 2.25. The Labute approximate surface area is 149 Å². The molecule has 0 amide bonds. The van der Waals surface area contributed by atoms with Crippen LogP contribution in [0.4, 0.5) is 0 Å². The van der Waals surface area contributed by atoms with Gasteiger partial charge in [-0.25, -0.2) is 0 Å². The zero-order valence-electron chi connectivity index (χ0n) is 15.2. The molecule has 0 aliphatic heterocycles. The molecule has 1 aliphatic rings. The van der Waals surface area contributed by atoms with Crippen molar-refractivity contribution in [2.75, 3.05) is 34.7 Å². The fraction of sp³-hybridized carbons (Fsp3) is 0.706. The van der Waals surface area contributed by atoms with Crippen LogP contribution in [0.1, 0.15) is 39.5 Å². The predicted molar refractivity (Wildman–Crippen MR) is 95.9 cm³/mol. The molecule has 0 fully saturated rings. The molecule has 1 rings (SSSR count). The van der Waals surface area contributed by atoms with Crippen molar-refractivity contribution in [2.45, 2.75) is 45.6 Å². The molecule has 0 saturated carbocycles. The minimum Gasteiger partial charge on any atom is -0.668 e. The average Bonchev–Trinajstić information content (AvgIpc) is 2.83. The Morgan fingerprint density at radius 2 is 1.57 bits per heavy atom. The number of unbranched alkanes of at least 4 members (excludes halogenated alkanes) is 1. The van der Waals surface area contributed by atoms with Gasteiger partial charge < -0.3 is 23.4 Å². The summed E-state index contributed by atoms with van der Waals surface area (Å²) in [4.78, 5) is 0. The summed E-state index contributed by atoms with van der Waals surface area (Å²) >= 11 is 0. The van der Waals surface area contributed by atoms with Gasteiger partial charge in [-0.2, -0.15) is 28.2 Å². The molecule has 0 unspecified atom stereocenters. The van der Waals surface area contributed by atoms with Gasteiger partial charge in [0.25, 0.3) is 0 Å². The summed E-state index contributed by atoms with van der Waals surface area (Å²) in [5.41, 5.74) is 1.59. The zero-order chi connectivity index (χ0) is 14.9. The summed E-state index contributed by atoms with van der Waals surface area (Å²) in [5.74, 6) is 0. The first-order chi connectivity index (χ1) is 9.12. The number of hydrogen-bond acceptors (Lipinski definition) is 0. The van der Waals surface area contributed by atoms with Crippen LogP contribution >= 0.6 is 0 Å². The van der Waals surface area contributed by atoms with Crippen molar-refractivity contribution in [3.05, 3.63) is 47.2 Å². The molecular formula is C17H35N3Ti. The number of allylic oxidation sites excluding steroid dienone is 4. The standard InChI is InChI=1S/C12H20N.2C2H6N.CH3.Ti/c1-11(2)13-10-6-5-9-12-7-3-4-8-12;2*1-3-2;;/h3-4,7,11H,5-6,8-10H2,1-2H3;2*1-2H3;1H3;/q4*-1;+4. The van der Waals surface area contributed by atoms with Crippen LogP contribution in [-0.4, -0.2) is 40.8 Å². The topological polar surface area (TPSA) is 42.3 Å². The average molecular weight is 329 g/mol. The number of hydrogen-bond donors (Lipinski definition) is 0. The normalized spacial score (nSPS) is 11.3. The van der Waals surface area contributed by atoms with Gasteiger partial charge in [-0.05, 0) is 12.8 Å². The smallest absolute Gasteiger partial charge is 0.668 e. The van der Waals surface area contributed by atoms with Crippen molar-refractivity contribution in [1.82, 2.24) is 0 Å². The Bertz CT molecular complexity index is 224. The molecule has 0 aromatic heterocycles. The van der Waals surface area contributed by atoms with Crippen molar-refractivity contribution >= 4 is 0 Å². The molecule has 0 saturated heterocycles. The van der Waals surface area contributed by atoms with E-state index >= 15 is 0 Å². The second-order valence-electron chi connectivity index (χ2n) is 4.81. The summed E-state index contributed by atoms with van der Waals surface area (Å²) < 4.78 is 0. The molecule has 0 atom stereocenters. The van der Waals surface area contributed by atoms with Crippen LogP contribution in [0.5, 0.6) is 0 Å². The van der Waals surface area contributed by atoms with E-state index in [1.807, 2.05) is 0 Å². The SMILES string of the molecule is CC(C)[N-]CCCCC1=CC=CC1.C[N-]C.C[N-]C.[CH3-].[Ti+4]. The maximum atomic E-state index is 4.45. The molecule has 0 bridgehead atoms. The summed E-state index contributed by atoms with van der Waals surface area (Å²) in [6.45, 7) is 5.32. The van der Waals surface area contributed by atoms with E-state index < -0.39 is 0 Å². The Morgan fingerprint density at radius 1 is 1.05 bits per heavy atom. The minimum atomic E-state index is 0. The molecule has 0 heterocycles. The minimum absolute atomic E-state index is 0. The molecule has 0 N–H and O–H groups in total. The molecular weight excluding hydrogens is 294 g/mol. The van der Waals surface area contributed by atoms with Crippen molar-refractivity contribution < 1.29 is 21.7 Å². The maximum Gasteiger partial charge on any atom is 4.00 e. The van der Waals surface area contributed by atoms with Gasteiger partial charge in [0, 0.05) is 0 Å². The Morgan fingerprint density at radius 3 is 1.95 bits per heavy atom. The van der Waals surface area contributed by atoms with Crippen LogP contribution in [0.2, 0.25) is 0 Å². The van der Waals surface area contributed by atoms with E-state index in [-0.39, 0.29) is 29.1 Å². The van der Waals surface area contributed by atoms with E-state index in [9.17, 15) is 0 Å². The number of nitrogens with zero attached hydrogens (tertiary/aromatic N) is 3. The van der Waals surface area contributed by atoms with Gasteiger partial charge >= 0.3 is 21.7 Å². The molecule has 1 aliphatic carbocycles. The van der Waals surface area contributed by atoms with E-state index in [1.54, 1.807) is 33.8 Å². The third-order valence-corrected chi connectivity index (χ3v) is 2.25. The van der Waals surface area contributed by atoms with Gasteiger partial charge in [-0.3, -0.25) is 0 Å². The summed E-state index contributed by atoms with van der Waals surface area (Å²) in [7, 11) is 7.00. The molecule has 122 valence electrons. The molecule has 3 nitrogen and oxygen atoms in total. The van der Waals surface area contributed by atoms with E-state index in [0.717, 1.165) is 6.54 Å². The van der Waals surface area contributed by atoms with E-state index in [2.05, 4.69) is 48.0 Å². The fourth-order valence-electron chi connectivity index (χ4n) is 1.49. The first-order valence-electron chi connectivity index (χ1n) is 7.09. The molecule has 0 aromatic carbocycles. The van der Waals surface area contributed by atoms with Gasteiger partial charge in [0.15, 0.2) is 0 Å². The van der Waals surface area contributed by atoms with Crippen molar-refractivity contribution in [2.24, 2.45) is 0 Å². The number of rotatable bonds is 6. The van der Waals surface area contributed by atoms with Crippen LogP contribution in [0.15, 0.2) is 23.8 Å². The summed E-state index contributed by atoms with van der Waals surface area (Å²) in [6.07, 6.45) is 11.6. The van der Waals surface area contributed by atoms with Gasteiger partial charge in [-0.1, -0.05) is 50.5 Å². The third kappa shape index (κ3) is 28.9. The molecule has 21 heavy (non-hydrogen) atoms. The molecule has 4 heteroatoms. The molecule has 0 radical (unpaired) electrons. The second kappa shape index (κ2) is 25.1. The van der Waals surface area contributed by atoms with Gasteiger partial charge in [-0.15, -0.1) is 12.6 Å². The largest absolute Gasteiger partial charge is 4.00 e. The van der Waals surface area contributed by atoms with Crippen LogP contribution in [0.3, 0.4) is 0 Å². The van der Waals surface area contributed by atoms with Gasteiger partial charge in [0.1, 0.15) is 0 Å². The second-order valence-corrected chi connectivity index (χ2v) is 4.81. The Hall–Kier alpha value is 0.0743. The van der Waals surface area contributed by atoms with Crippen LogP contribution in [-0.2, 0) is 21.7 Å². The Kier molecular flexibility index (Phi) is 34.8. The fourth-order valence-corrected chi connectivity index (χ4v) is 1.49. The van der Waals surface area contributed by atoms with Gasteiger partial charge in [0.2, 0.25) is 0 Å². The quantitative estimate of drug-likeness (QED) is 0.350. The maximum absolute atomic E-state index is 4.45. The van der Waals surface area contributed by atoms with E-state index in [1.165, 1.54) is 25.7 Å². The van der Waals surface area contributed by atoms with Crippen molar-refractivity contribution in [1.29, 1.82) is 0 Å². The van der Waals surface area contributed by atoms with Crippen LogP contribution in [0, 0.1) is 7.43 Å². The summed E-state index contributed by atoms with van der Waals surface area (Å²) in [6, 6.07) is 0.507. The van der Waals surface area contributed by atoms with Crippen LogP contribution < -0.4 is 0 Å². The predicted octanol–water partition coefficient (Wildman–Crippen LogP) is 5.51. The van der Waals surface area contributed by atoms with Crippen molar-refractivity contribution in [3.63, 3.8) is 0 Å². The first kappa shape index (κ1) is 29.1. The Balaban J connectivity index is -0.000000157. The van der Waals surface area contributed by atoms with Crippen LogP contribution in [0.25, 0.3) is 16.0 Å².